The minimum absolute atomic E-state index is 0. The third-order valence-electron chi connectivity index (χ3n) is 5.05. The molecule has 0 spiro atoms. The van der Waals surface area contributed by atoms with Gasteiger partial charge in [-0.15, -0.1) is 24.8 Å². The van der Waals surface area contributed by atoms with E-state index in [1.54, 1.807) is 12.1 Å². The van der Waals surface area contributed by atoms with Crippen LogP contribution in [0.3, 0.4) is 0 Å². The molecule has 3 rings (SSSR count). The van der Waals surface area contributed by atoms with Crippen LogP contribution in [0.5, 0.6) is 0 Å². The number of hydrogen-bond acceptors (Lipinski definition) is 7. The van der Waals surface area contributed by atoms with Crippen LogP contribution in [-0.2, 0) is 10.0 Å². The van der Waals surface area contributed by atoms with Crippen LogP contribution in [0.4, 0.5) is 5.82 Å². The second-order valence-corrected chi connectivity index (χ2v) is 10.5. The Morgan fingerprint density at radius 1 is 1.18 bits per heavy atom. The molecule has 1 saturated heterocycles. The molecule has 1 aliphatic rings. The molecule has 8 nitrogen and oxygen atoms in total. The standard InChI is InChI=1S/C20H25Cl2N5O3S.2ClH/c1-20(2)11-13(12-24-20)5-4-10-23-16-6-3-7-17(26-16)31(29,30)27-19(28)14-8-9-15(21)25-18(14)22;;/h3,6-9,13,24H,4-5,10-12H2,1-2H3,(H,23,26)(H,27,28);2*1H/t13-;;/m0../s1. The maximum atomic E-state index is 12.6. The molecule has 1 aliphatic heterocycles. The lowest BCUT2D eigenvalue weighted by molar-refractivity contribution is 0.0981. The lowest BCUT2D eigenvalue weighted by atomic mass is 9.94. The van der Waals surface area contributed by atoms with E-state index in [-0.39, 0.29) is 51.2 Å². The first kappa shape index (κ1) is 29.7. The summed E-state index contributed by atoms with van der Waals surface area (Å²) in [5.74, 6) is 0.148. The number of nitrogens with zero attached hydrogens (tertiary/aromatic N) is 2. The van der Waals surface area contributed by atoms with Gasteiger partial charge in [-0.1, -0.05) is 29.3 Å². The highest BCUT2D eigenvalue weighted by Gasteiger charge is 2.29. The van der Waals surface area contributed by atoms with Gasteiger partial charge in [-0.25, -0.2) is 14.7 Å². The molecule has 0 radical (unpaired) electrons. The highest BCUT2D eigenvalue weighted by molar-refractivity contribution is 7.90. The fourth-order valence-electron chi connectivity index (χ4n) is 3.57. The van der Waals surface area contributed by atoms with Crippen molar-refractivity contribution in [2.75, 3.05) is 18.4 Å². The number of anilines is 1. The molecule has 2 aromatic rings. The minimum atomic E-state index is -4.19. The van der Waals surface area contributed by atoms with Gasteiger partial charge in [-0.2, -0.15) is 8.42 Å². The molecule has 0 aliphatic carbocycles. The molecule has 3 heterocycles. The molecule has 0 saturated carbocycles. The molecule has 33 heavy (non-hydrogen) atoms. The van der Waals surface area contributed by atoms with Crippen LogP contribution in [-0.4, -0.2) is 42.9 Å². The molecule has 0 bridgehead atoms. The van der Waals surface area contributed by atoms with Crippen molar-refractivity contribution >= 4 is 69.8 Å². The van der Waals surface area contributed by atoms with E-state index in [0.717, 1.165) is 25.8 Å². The largest absolute Gasteiger partial charge is 0.370 e. The van der Waals surface area contributed by atoms with Crippen LogP contribution >= 0.6 is 48.0 Å². The van der Waals surface area contributed by atoms with E-state index in [1.807, 2.05) is 4.72 Å². The maximum absolute atomic E-state index is 12.6. The molecular formula is C20H27Cl4N5O3S. The van der Waals surface area contributed by atoms with Gasteiger partial charge in [-0.3, -0.25) is 4.79 Å². The minimum Gasteiger partial charge on any atom is -0.370 e. The van der Waals surface area contributed by atoms with Gasteiger partial charge >= 0.3 is 0 Å². The SMILES string of the molecule is CC1(C)C[C@H](CCCNc2cccc(S(=O)(=O)NC(=O)c3ccc(Cl)nc3Cl)n2)CN1.Cl.Cl. The highest BCUT2D eigenvalue weighted by atomic mass is 35.5. The molecular weight excluding hydrogens is 532 g/mol. The zero-order valence-electron chi connectivity index (χ0n) is 18.1. The van der Waals surface area contributed by atoms with Crippen molar-refractivity contribution in [2.45, 2.75) is 43.7 Å². The second-order valence-electron chi connectivity index (χ2n) is 8.17. The molecule has 0 unspecified atom stereocenters. The van der Waals surface area contributed by atoms with Gasteiger partial charge in [-0.05, 0) is 69.8 Å². The predicted octanol–water partition coefficient (Wildman–Crippen LogP) is 4.33. The maximum Gasteiger partial charge on any atom is 0.281 e. The summed E-state index contributed by atoms with van der Waals surface area (Å²) in [6, 6.07) is 7.21. The van der Waals surface area contributed by atoms with E-state index in [1.165, 1.54) is 18.2 Å². The second kappa shape index (κ2) is 12.4. The van der Waals surface area contributed by atoms with Gasteiger partial charge in [0.2, 0.25) is 0 Å². The molecule has 184 valence electrons. The number of nitrogens with one attached hydrogen (secondary N) is 3. The number of sulfonamides is 1. The third-order valence-corrected chi connectivity index (χ3v) is 6.78. The number of aromatic nitrogens is 2. The lowest BCUT2D eigenvalue weighted by Gasteiger charge is -2.17. The summed E-state index contributed by atoms with van der Waals surface area (Å²) < 4.78 is 27.1. The third kappa shape index (κ3) is 8.42. The summed E-state index contributed by atoms with van der Waals surface area (Å²) in [6.45, 7) is 6.10. The number of carbonyl (C=O) groups excluding carboxylic acids is 1. The van der Waals surface area contributed by atoms with Crippen LogP contribution in [0.25, 0.3) is 0 Å². The summed E-state index contributed by atoms with van der Waals surface area (Å²) in [7, 11) is -4.19. The zero-order chi connectivity index (χ0) is 22.6. The monoisotopic (exact) mass is 557 g/mol. The first-order valence-electron chi connectivity index (χ1n) is 9.91. The number of pyridine rings is 2. The number of hydrogen-bond donors (Lipinski definition) is 3. The molecule has 3 N–H and O–H groups in total. The molecule has 1 fully saturated rings. The van der Waals surface area contributed by atoms with E-state index in [4.69, 9.17) is 23.2 Å². The van der Waals surface area contributed by atoms with Gasteiger partial charge in [0.25, 0.3) is 15.9 Å². The molecule has 0 aromatic carbocycles. The van der Waals surface area contributed by atoms with Crippen LogP contribution < -0.4 is 15.4 Å². The average Bonchev–Trinajstić information content (AvgIpc) is 3.03. The van der Waals surface area contributed by atoms with Crippen molar-refractivity contribution in [1.29, 1.82) is 0 Å². The zero-order valence-corrected chi connectivity index (χ0v) is 22.1. The van der Waals surface area contributed by atoms with E-state index < -0.39 is 15.9 Å². The van der Waals surface area contributed by atoms with Gasteiger partial charge in [0.1, 0.15) is 16.1 Å². The number of amides is 1. The van der Waals surface area contributed by atoms with E-state index in [9.17, 15) is 13.2 Å². The van der Waals surface area contributed by atoms with Crippen LogP contribution in [0, 0.1) is 5.92 Å². The summed E-state index contributed by atoms with van der Waals surface area (Å²) in [5.41, 5.74) is 0.0903. The van der Waals surface area contributed by atoms with Gasteiger partial charge in [0, 0.05) is 12.1 Å². The number of carbonyl (C=O) groups is 1. The van der Waals surface area contributed by atoms with Crippen molar-refractivity contribution in [1.82, 2.24) is 20.0 Å². The molecule has 2 aromatic heterocycles. The Hall–Kier alpha value is -1.36. The first-order valence-corrected chi connectivity index (χ1v) is 12.1. The molecule has 1 amide bonds. The van der Waals surface area contributed by atoms with Crippen LogP contribution in [0.2, 0.25) is 10.3 Å². The van der Waals surface area contributed by atoms with Crippen LogP contribution in [0.1, 0.15) is 43.5 Å². The topological polar surface area (TPSA) is 113 Å². The van der Waals surface area contributed by atoms with Crippen molar-refractivity contribution in [3.63, 3.8) is 0 Å². The average molecular weight is 559 g/mol. The summed E-state index contributed by atoms with van der Waals surface area (Å²) in [6.07, 6.45) is 3.17. The van der Waals surface area contributed by atoms with E-state index >= 15 is 0 Å². The number of rotatable bonds is 8. The van der Waals surface area contributed by atoms with Crippen LogP contribution in [0.15, 0.2) is 35.4 Å². The first-order chi connectivity index (χ1) is 14.6. The fourth-order valence-corrected chi connectivity index (χ4v) is 4.94. The van der Waals surface area contributed by atoms with E-state index in [0.29, 0.717) is 18.3 Å². The Bertz CT molecular complexity index is 1070. The summed E-state index contributed by atoms with van der Waals surface area (Å²) >= 11 is 11.6. The van der Waals surface area contributed by atoms with Gasteiger partial charge in [0.05, 0.1) is 5.56 Å². The predicted molar refractivity (Wildman–Crippen MR) is 136 cm³/mol. The molecule has 1 atom stereocenters. The van der Waals surface area contributed by atoms with Crippen molar-refractivity contribution in [3.8, 4) is 0 Å². The van der Waals surface area contributed by atoms with Crippen molar-refractivity contribution in [3.05, 3.63) is 46.2 Å². The Kier molecular flexibility index (Phi) is 11.1. The number of halogens is 4. The quantitative estimate of drug-likeness (QED) is 0.326. The fraction of sp³-hybridized carbons (Fsp3) is 0.450. The Labute approximate surface area is 216 Å². The van der Waals surface area contributed by atoms with Crippen molar-refractivity contribution in [2.24, 2.45) is 5.92 Å². The molecule has 13 heteroatoms. The highest BCUT2D eigenvalue weighted by Crippen LogP contribution is 2.26. The summed E-state index contributed by atoms with van der Waals surface area (Å²) in [5, 5.41) is 6.29. The summed E-state index contributed by atoms with van der Waals surface area (Å²) in [4.78, 5) is 20.2. The smallest absolute Gasteiger partial charge is 0.281 e. The van der Waals surface area contributed by atoms with Gasteiger partial charge < -0.3 is 10.6 Å². The van der Waals surface area contributed by atoms with Crippen molar-refractivity contribution < 1.29 is 13.2 Å². The Morgan fingerprint density at radius 3 is 2.55 bits per heavy atom. The Balaban J connectivity index is 0.00000272. The Morgan fingerprint density at radius 2 is 1.91 bits per heavy atom. The van der Waals surface area contributed by atoms with Gasteiger partial charge in [0.15, 0.2) is 5.03 Å². The lowest BCUT2D eigenvalue weighted by Crippen LogP contribution is -2.31. The van der Waals surface area contributed by atoms with E-state index in [2.05, 4.69) is 34.4 Å². The normalized spacial score (nSPS) is 16.9.